The Morgan fingerprint density at radius 3 is 2.72 bits per heavy atom. The lowest BCUT2D eigenvalue weighted by atomic mass is 10.0. The first kappa shape index (κ1) is 17.7. The van der Waals surface area contributed by atoms with Crippen LogP contribution in [0.2, 0.25) is 0 Å². The number of hydrogen-bond acceptors (Lipinski definition) is 4. The van der Waals surface area contributed by atoms with Crippen LogP contribution >= 0.6 is 0 Å². The highest BCUT2D eigenvalue weighted by Gasteiger charge is 2.38. The van der Waals surface area contributed by atoms with E-state index in [1.165, 1.54) is 6.42 Å². The fourth-order valence-corrected chi connectivity index (χ4v) is 4.19. The number of carbonyl (C=O) groups excluding carboxylic acids is 2. The predicted molar refractivity (Wildman–Crippen MR) is 95.0 cm³/mol. The van der Waals surface area contributed by atoms with Crippen molar-refractivity contribution in [1.29, 1.82) is 0 Å². The van der Waals surface area contributed by atoms with Crippen molar-refractivity contribution in [2.24, 2.45) is 5.73 Å². The van der Waals surface area contributed by atoms with Gasteiger partial charge in [0.1, 0.15) is 5.75 Å². The maximum atomic E-state index is 11.9. The Balaban J connectivity index is 1.66. The Hall–Kier alpha value is -2.08. The maximum absolute atomic E-state index is 11.9. The fourth-order valence-electron chi connectivity index (χ4n) is 4.19. The summed E-state index contributed by atoms with van der Waals surface area (Å²) in [5.74, 6) is 0.380. The molecule has 2 unspecified atom stereocenters. The van der Waals surface area contributed by atoms with Crippen LogP contribution in [0.4, 0.5) is 0 Å². The SMILES string of the molecule is CC(=O)N1CCCC1C1CCCN1Cc1cccc(OCC(N)=O)c1. The van der Waals surface area contributed by atoms with Crippen molar-refractivity contribution in [2.75, 3.05) is 19.7 Å². The van der Waals surface area contributed by atoms with Gasteiger partial charge in [-0.15, -0.1) is 0 Å². The quantitative estimate of drug-likeness (QED) is 0.848. The molecule has 2 amide bonds. The number of nitrogens with zero attached hydrogens (tertiary/aromatic N) is 2. The average Bonchev–Trinajstić information content (AvgIpc) is 3.21. The van der Waals surface area contributed by atoms with Crippen LogP contribution in [0.1, 0.15) is 38.2 Å². The monoisotopic (exact) mass is 345 g/mol. The number of primary amides is 1. The van der Waals surface area contributed by atoms with Crippen LogP contribution in [0.3, 0.4) is 0 Å². The molecule has 2 heterocycles. The zero-order valence-corrected chi connectivity index (χ0v) is 14.8. The molecule has 6 heteroatoms. The number of amides is 2. The summed E-state index contributed by atoms with van der Waals surface area (Å²) in [5, 5.41) is 0. The van der Waals surface area contributed by atoms with E-state index in [4.69, 9.17) is 10.5 Å². The summed E-state index contributed by atoms with van der Waals surface area (Å²) >= 11 is 0. The van der Waals surface area contributed by atoms with Crippen molar-refractivity contribution in [3.63, 3.8) is 0 Å². The van der Waals surface area contributed by atoms with Crippen LogP contribution < -0.4 is 10.5 Å². The van der Waals surface area contributed by atoms with Gasteiger partial charge >= 0.3 is 0 Å². The van der Waals surface area contributed by atoms with E-state index in [2.05, 4.69) is 15.9 Å². The summed E-state index contributed by atoms with van der Waals surface area (Å²) in [6.45, 7) is 4.35. The van der Waals surface area contributed by atoms with Gasteiger partial charge in [0.05, 0.1) is 0 Å². The van der Waals surface area contributed by atoms with Gasteiger partial charge in [0.15, 0.2) is 6.61 Å². The number of benzene rings is 1. The summed E-state index contributed by atoms with van der Waals surface area (Å²) in [6.07, 6.45) is 4.52. The summed E-state index contributed by atoms with van der Waals surface area (Å²) in [6, 6.07) is 8.59. The largest absolute Gasteiger partial charge is 0.484 e. The minimum absolute atomic E-state index is 0.106. The Kier molecular flexibility index (Phi) is 5.58. The van der Waals surface area contributed by atoms with E-state index in [-0.39, 0.29) is 12.5 Å². The molecule has 1 aromatic carbocycles. The molecule has 25 heavy (non-hydrogen) atoms. The molecule has 136 valence electrons. The first-order valence-electron chi connectivity index (χ1n) is 9.06. The number of ether oxygens (including phenoxy) is 1. The van der Waals surface area contributed by atoms with Gasteiger partial charge < -0.3 is 15.4 Å². The average molecular weight is 345 g/mol. The minimum atomic E-state index is -0.476. The molecule has 2 aliphatic rings. The molecule has 2 saturated heterocycles. The molecular formula is C19H27N3O3. The highest BCUT2D eigenvalue weighted by molar-refractivity contribution is 5.75. The molecule has 3 rings (SSSR count). The molecule has 0 bridgehead atoms. The number of carbonyl (C=O) groups is 2. The van der Waals surface area contributed by atoms with Crippen molar-refractivity contribution < 1.29 is 14.3 Å². The summed E-state index contributed by atoms with van der Waals surface area (Å²) < 4.78 is 5.40. The van der Waals surface area contributed by atoms with Gasteiger partial charge in [-0.2, -0.15) is 0 Å². The molecule has 0 saturated carbocycles. The highest BCUT2D eigenvalue weighted by Crippen LogP contribution is 2.31. The molecule has 2 fully saturated rings. The second kappa shape index (κ2) is 7.87. The van der Waals surface area contributed by atoms with Crippen LogP contribution in [-0.2, 0) is 16.1 Å². The second-order valence-electron chi connectivity index (χ2n) is 7.00. The molecule has 0 aliphatic carbocycles. The normalized spacial score (nSPS) is 23.8. The van der Waals surface area contributed by atoms with Gasteiger partial charge in [0, 0.05) is 32.1 Å². The van der Waals surface area contributed by atoms with Gasteiger partial charge in [-0.1, -0.05) is 12.1 Å². The zero-order valence-electron chi connectivity index (χ0n) is 14.8. The molecule has 2 atom stereocenters. The molecular weight excluding hydrogens is 318 g/mol. The van der Waals surface area contributed by atoms with Crippen molar-refractivity contribution in [1.82, 2.24) is 9.80 Å². The number of likely N-dealkylation sites (tertiary alicyclic amines) is 2. The number of rotatable bonds is 6. The smallest absolute Gasteiger partial charge is 0.255 e. The van der Waals surface area contributed by atoms with E-state index in [0.717, 1.165) is 44.5 Å². The summed E-state index contributed by atoms with van der Waals surface area (Å²) in [4.78, 5) is 27.3. The Labute approximate surface area is 148 Å². The van der Waals surface area contributed by atoms with Crippen LogP contribution in [-0.4, -0.2) is 53.4 Å². The molecule has 0 radical (unpaired) electrons. The van der Waals surface area contributed by atoms with Gasteiger partial charge in [-0.25, -0.2) is 0 Å². The molecule has 0 spiro atoms. The molecule has 2 N–H and O–H groups in total. The van der Waals surface area contributed by atoms with E-state index >= 15 is 0 Å². The molecule has 6 nitrogen and oxygen atoms in total. The third kappa shape index (κ3) is 4.31. The number of hydrogen-bond donors (Lipinski definition) is 1. The standard InChI is InChI=1S/C19H27N3O3/c1-14(23)22-10-4-8-18(22)17-7-3-9-21(17)12-15-5-2-6-16(11-15)25-13-19(20)24/h2,5-6,11,17-18H,3-4,7-10,12-13H2,1H3,(H2,20,24). The van der Waals surface area contributed by atoms with E-state index in [9.17, 15) is 9.59 Å². The van der Waals surface area contributed by atoms with Crippen molar-refractivity contribution in [3.05, 3.63) is 29.8 Å². The zero-order chi connectivity index (χ0) is 17.8. The van der Waals surface area contributed by atoms with Crippen LogP contribution in [0.15, 0.2) is 24.3 Å². The first-order chi connectivity index (χ1) is 12.0. The van der Waals surface area contributed by atoms with Gasteiger partial charge in [-0.3, -0.25) is 14.5 Å². The minimum Gasteiger partial charge on any atom is -0.484 e. The van der Waals surface area contributed by atoms with Crippen molar-refractivity contribution in [3.8, 4) is 5.75 Å². The van der Waals surface area contributed by atoms with E-state index in [1.54, 1.807) is 6.92 Å². The van der Waals surface area contributed by atoms with Gasteiger partial charge in [0.25, 0.3) is 5.91 Å². The van der Waals surface area contributed by atoms with Crippen LogP contribution in [0.5, 0.6) is 5.75 Å². The lowest BCUT2D eigenvalue weighted by Gasteiger charge is -2.34. The second-order valence-corrected chi connectivity index (χ2v) is 7.00. The first-order valence-corrected chi connectivity index (χ1v) is 9.06. The lowest BCUT2D eigenvalue weighted by molar-refractivity contribution is -0.130. The Morgan fingerprint density at radius 2 is 1.96 bits per heavy atom. The highest BCUT2D eigenvalue weighted by atomic mass is 16.5. The van der Waals surface area contributed by atoms with Crippen molar-refractivity contribution >= 4 is 11.8 Å². The van der Waals surface area contributed by atoms with Crippen LogP contribution in [0.25, 0.3) is 0 Å². The third-order valence-corrected chi connectivity index (χ3v) is 5.23. The van der Waals surface area contributed by atoms with Gasteiger partial charge in [0.2, 0.25) is 5.91 Å². The molecule has 0 aromatic heterocycles. The van der Waals surface area contributed by atoms with E-state index < -0.39 is 5.91 Å². The van der Waals surface area contributed by atoms with E-state index in [0.29, 0.717) is 17.8 Å². The summed E-state index contributed by atoms with van der Waals surface area (Å²) in [5.41, 5.74) is 6.29. The topological polar surface area (TPSA) is 75.9 Å². The predicted octanol–water partition coefficient (Wildman–Crippen LogP) is 1.53. The Morgan fingerprint density at radius 1 is 1.20 bits per heavy atom. The fraction of sp³-hybridized carbons (Fsp3) is 0.579. The van der Waals surface area contributed by atoms with Gasteiger partial charge in [-0.05, 0) is 49.9 Å². The van der Waals surface area contributed by atoms with E-state index in [1.807, 2.05) is 18.2 Å². The Bertz CT molecular complexity index is 634. The van der Waals surface area contributed by atoms with Crippen molar-refractivity contribution in [2.45, 2.75) is 51.2 Å². The molecule has 1 aromatic rings. The lowest BCUT2D eigenvalue weighted by Crippen LogP contribution is -2.47. The summed E-state index contributed by atoms with van der Waals surface area (Å²) in [7, 11) is 0. The maximum Gasteiger partial charge on any atom is 0.255 e. The van der Waals surface area contributed by atoms with Crippen LogP contribution in [0, 0.1) is 0 Å². The molecule has 2 aliphatic heterocycles. The number of nitrogens with two attached hydrogens (primary N) is 1. The third-order valence-electron chi connectivity index (χ3n) is 5.23.